The van der Waals surface area contributed by atoms with Crippen molar-refractivity contribution in [1.82, 2.24) is 9.80 Å². The fourth-order valence-electron chi connectivity index (χ4n) is 3.07. The van der Waals surface area contributed by atoms with Gasteiger partial charge in [-0.3, -0.25) is 14.6 Å². The van der Waals surface area contributed by atoms with Gasteiger partial charge in [0, 0.05) is 32.7 Å². The molecule has 0 aliphatic carbocycles. The fraction of sp³-hybridized carbons (Fsp3) is 0.350. The van der Waals surface area contributed by atoms with Gasteiger partial charge < -0.3 is 5.32 Å². The quantitative estimate of drug-likeness (QED) is 0.703. The number of nitrogens with one attached hydrogen (secondary N) is 1. The lowest BCUT2D eigenvalue weighted by Gasteiger charge is -2.34. The van der Waals surface area contributed by atoms with Gasteiger partial charge in [0.05, 0.1) is 27.3 Å². The lowest BCUT2D eigenvalue weighted by Crippen LogP contribution is -2.48. The van der Waals surface area contributed by atoms with Crippen LogP contribution in [0.3, 0.4) is 0 Å². The highest BCUT2D eigenvalue weighted by atomic mass is 35.5. The molecule has 27 heavy (non-hydrogen) atoms. The molecule has 3 rings (SSSR count). The minimum absolute atomic E-state index is 0.109. The molecule has 0 saturated carbocycles. The summed E-state index contributed by atoms with van der Waals surface area (Å²) in [6, 6.07) is 11.7. The number of carbonyl (C=O) groups is 1. The highest BCUT2D eigenvalue weighted by Crippen LogP contribution is 2.32. The summed E-state index contributed by atoms with van der Waals surface area (Å²) in [5.41, 5.74) is 3.08. The van der Waals surface area contributed by atoms with Crippen LogP contribution in [0.5, 0.6) is 0 Å². The van der Waals surface area contributed by atoms with Gasteiger partial charge in [-0.2, -0.15) is 0 Å². The summed E-state index contributed by atoms with van der Waals surface area (Å²) in [4.78, 5) is 16.9. The molecule has 2 aromatic rings. The zero-order chi connectivity index (χ0) is 19.4. The molecule has 144 valence electrons. The maximum atomic E-state index is 12.3. The predicted molar refractivity (Wildman–Crippen MR) is 113 cm³/mol. The molecule has 0 aromatic heterocycles. The van der Waals surface area contributed by atoms with Crippen LogP contribution >= 0.6 is 34.8 Å². The Balaban J connectivity index is 1.46. The molecule has 7 heteroatoms. The number of piperazine rings is 1. The van der Waals surface area contributed by atoms with Crippen LogP contribution < -0.4 is 5.32 Å². The molecular weight excluding hydrogens is 405 g/mol. The Morgan fingerprint density at radius 1 is 0.926 bits per heavy atom. The standard InChI is InChI=1S/C20H22Cl3N3O/c1-14-2-4-15(5-3-14)12-25-6-8-26(9-7-25)13-20(27)24-19-11-17(22)16(21)10-18(19)23/h2-5,10-11H,6-9,12-13H2,1H3,(H,24,27). The Labute approximate surface area is 175 Å². The number of halogens is 3. The second-order valence-corrected chi connectivity index (χ2v) is 8.05. The molecule has 1 heterocycles. The predicted octanol–water partition coefficient (Wildman–Crippen LogP) is 4.71. The van der Waals surface area contributed by atoms with Crippen LogP contribution in [-0.2, 0) is 11.3 Å². The van der Waals surface area contributed by atoms with Gasteiger partial charge in [0.15, 0.2) is 0 Å². The van der Waals surface area contributed by atoms with E-state index in [4.69, 9.17) is 34.8 Å². The molecule has 0 radical (unpaired) electrons. The zero-order valence-corrected chi connectivity index (χ0v) is 17.4. The van der Waals surface area contributed by atoms with E-state index < -0.39 is 0 Å². The fourth-order valence-corrected chi connectivity index (χ4v) is 3.66. The second-order valence-electron chi connectivity index (χ2n) is 6.83. The monoisotopic (exact) mass is 425 g/mol. The van der Waals surface area contributed by atoms with Gasteiger partial charge in [0.2, 0.25) is 5.91 Å². The van der Waals surface area contributed by atoms with Crippen molar-refractivity contribution in [2.75, 3.05) is 38.0 Å². The molecule has 1 N–H and O–H groups in total. The Kier molecular flexibility index (Phi) is 7.01. The van der Waals surface area contributed by atoms with Gasteiger partial charge in [-0.15, -0.1) is 0 Å². The van der Waals surface area contributed by atoms with E-state index in [0.29, 0.717) is 27.3 Å². The van der Waals surface area contributed by atoms with Crippen LogP contribution in [0.1, 0.15) is 11.1 Å². The number of rotatable bonds is 5. The van der Waals surface area contributed by atoms with Gasteiger partial charge in [-0.1, -0.05) is 64.6 Å². The Morgan fingerprint density at radius 3 is 2.19 bits per heavy atom. The average Bonchev–Trinajstić information content (AvgIpc) is 2.63. The molecule has 0 bridgehead atoms. The number of amides is 1. The molecule has 1 aliphatic rings. The highest BCUT2D eigenvalue weighted by molar-refractivity contribution is 6.44. The number of nitrogens with zero attached hydrogens (tertiary/aromatic N) is 2. The molecular formula is C20H22Cl3N3O. The van der Waals surface area contributed by atoms with Gasteiger partial charge in [0.1, 0.15) is 0 Å². The van der Waals surface area contributed by atoms with Crippen molar-refractivity contribution in [3.63, 3.8) is 0 Å². The number of hydrogen-bond donors (Lipinski definition) is 1. The molecule has 2 aromatic carbocycles. The van der Waals surface area contributed by atoms with Gasteiger partial charge in [-0.25, -0.2) is 0 Å². The Hall–Kier alpha value is -1.30. The first-order chi connectivity index (χ1) is 12.9. The lowest BCUT2D eigenvalue weighted by atomic mass is 10.1. The van der Waals surface area contributed by atoms with E-state index in [-0.39, 0.29) is 5.91 Å². The van der Waals surface area contributed by atoms with Crippen molar-refractivity contribution >= 4 is 46.4 Å². The molecule has 1 saturated heterocycles. The van der Waals surface area contributed by atoms with Crippen LogP contribution in [0.2, 0.25) is 15.1 Å². The van der Waals surface area contributed by atoms with Crippen molar-refractivity contribution in [1.29, 1.82) is 0 Å². The lowest BCUT2D eigenvalue weighted by molar-refractivity contribution is -0.117. The van der Waals surface area contributed by atoms with Crippen LogP contribution in [0.25, 0.3) is 0 Å². The van der Waals surface area contributed by atoms with Crippen molar-refractivity contribution < 1.29 is 4.79 Å². The largest absolute Gasteiger partial charge is 0.324 e. The molecule has 1 amide bonds. The minimum Gasteiger partial charge on any atom is -0.324 e. The van der Waals surface area contributed by atoms with Crippen molar-refractivity contribution in [2.24, 2.45) is 0 Å². The number of benzene rings is 2. The normalized spacial score (nSPS) is 15.7. The topological polar surface area (TPSA) is 35.6 Å². The maximum Gasteiger partial charge on any atom is 0.238 e. The SMILES string of the molecule is Cc1ccc(CN2CCN(CC(=O)Nc3cc(Cl)c(Cl)cc3Cl)CC2)cc1. The Bertz CT molecular complexity index is 803. The molecule has 0 atom stereocenters. The smallest absolute Gasteiger partial charge is 0.238 e. The number of anilines is 1. The van der Waals surface area contributed by atoms with Crippen LogP contribution in [-0.4, -0.2) is 48.4 Å². The molecule has 4 nitrogen and oxygen atoms in total. The first kappa shape index (κ1) is 20.4. The summed E-state index contributed by atoms with van der Waals surface area (Å²) in [6.45, 7) is 6.96. The number of hydrogen-bond acceptors (Lipinski definition) is 3. The first-order valence-corrected chi connectivity index (χ1v) is 9.99. The molecule has 0 unspecified atom stereocenters. The van der Waals surface area contributed by atoms with E-state index in [0.717, 1.165) is 32.7 Å². The molecule has 0 spiro atoms. The summed E-state index contributed by atoms with van der Waals surface area (Å²) >= 11 is 18.0. The minimum atomic E-state index is -0.109. The Morgan fingerprint density at radius 2 is 1.52 bits per heavy atom. The van der Waals surface area contributed by atoms with Crippen molar-refractivity contribution in [3.8, 4) is 0 Å². The second kappa shape index (κ2) is 9.26. The summed E-state index contributed by atoms with van der Waals surface area (Å²) in [5, 5.41) is 3.92. The number of carbonyl (C=O) groups excluding carboxylic acids is 1. The van der Waals surface area contributed by atoms with Crippen molar-refractivity contribution in [2.45, 2.75) is 13.5 Å². The number of aryl methyl sites for hydroxylation is 1. The highest BCUT2D eigenvalue weighted by Gasteiger charge is 2.19. The molecule has 1 fully saturated rings. The summed E-state index contributed by atoms with van der Waals surface area (Å²) in [6.07, 6.45) is 0. The van der Waals surface area contributed by atoms with Gasteiger partial charge in [0.25, 0.3) is 0 Å². The summed E-state index contributed by atoms with van der Waals surface area (Å²) < 4.78 is 0. The third kappa shape index (κ3) is 5.84. The average molecular weight is 427 g/mol. The maximum absolute atomic E-state index is 12.3. The van der Waals surface area contributed by atoms with E-state index in [1.54, 1.807) is 6.07 Å². The van der Waals surface area contributed by atoms with E-state index in [9.17, 15) is 4.79 Å². The van der Waals surface area contributed by atoms with Crippen LogP contribution in [0.4, 0.5) is 5.69 Å². The molecule has 1 aliphatic heterocycles. The third-order valence-corrected chi connectivity index (χ3v) is 5.68. The first-order valence-electron chi connectivity index (χ1n) is 8.85. The van der Waals surface area contributed by atoms with E-state index in [1.807, 2.05) is 0 Å². The van der Waals surface area contributed by atoms with Crippen LogP contribution in [0.15, 0.2) is 36.4 Å². The van der Waals surface area contributed by atoms with Gasteiger partial charge in [-0.05, 0) is 24.6 Å². The zero-order valence-electron chi connectivity index (χ0n) is 15.1. The summed E-state index contributed by atoms with van der Waals surface area (Å²) in [5.74, 6) is -0.109. The van der Waals surface area contributed by atoms with E-state index in [2.05, 4.69) is 46.3 Å². The summed E-state index contributed by atoms with van der Waals surface area (Å²) in [7, 11) is 0. The van der Waals surface area contributed by atoms with E-state index >= 15 is 0 Å². The van der Waals surface area contributed by atoms with Crippen molar-refractivity contribution in [3.05, 3.63) is 62.6 Å². The van der Waals surface area contributed by atoms with Crippen LogP contribution in [0, 0.1) is 6.92 Å². The third-order valence-electron chi connectivity index (χ3n) is 4.64. The van der Waals surface area contributed by atoms with Gasteiger partial charge >= 0.3 is 0 Å². The van der Waals surface area contributed by atoms with E-state index in [1.165, 1.54) is 17.2 Å².